The van der Waals surface area contributed by atoms with E-state index in [2.05, 4.69) is 16.0 Å². The van der Waals surface area contributed by atoms with Crippen molar-refractivity contribution in [2.24, 2.45) is 0 Å². The van der Waals surface area contributed by atoms with Gasteiger partial charge in [0.1, 0.15) is 5.65 Å². The van der Waals surface area contributed by atoms with Gasteiger partial charge in [0.05, 0.1) is 7.11 Å². The van der Waals surface area contributed by atoms with Gasteiger partial charge in [-0.15, -0.1) is 0 Å². The molecule has 0 aliphatic heterocycles. The van der Waals surface area contributed by atoms with Crippen LogP contribution in [0.25, 0.3) is 33.1 Å². The van der Waals surface area contributed by atoms with E-state index in [0.717, 1.165) is 38.8 Å². The Hall–Kier alpha value is -3.01. The van der Waals surface area contributed by atoms with E-state index in [1.54, 1.807) is 19.2 Å². The Labute approximate surface area is 133 Å². The fourth-order valence-corrected chi connectivity index (χ4v) is 3.06. The first-order valence-electron chi connectivity index (χ1n) is 7.43. The van der Waals surface area contributed by atoms with Crippen molar-refractivity contribution in [1.82, 2.24) is 9.97 Å². The molecule has 0 saturated carbocycles. The van der Waals surface area contributed by atoms with Crippen LogP contribution in [-0.2, 0) is 0 Å². The quantitative estimate of drug-likeness (QED) is 0.577. The summed E-state index contributed by atoms with van der Waals surface area (Å²) in [5, 5.41) is 12.3. The zero-order valence-electron chi connectivity index (χ0n) is 12.9. The molecule has 2 N–H and O–H groups in total. The number of phenols is 1. The van der Waals surface area contributed by atoms with E-state index in [-0.39, 0.29) is 5.75 Å². The highest BCUT2D eigenvalue weighted by Crippen LogP contribution is 2.37. The van der Waals surface area contributed by atoms with Crippen LogP contribution in [0.3, 0.4) is 0 Å². The van der Waals surface area contributed by atoms with Crippen LogP contribution in [0.15, 0.2) is 48.5 Å². The number of pyridine rings is 1. The number of rotatable bonds is 2. The zero-order chi connectivity index (χ0) is 16.0. The Morgan fingerprint density at radius 3 is 2.70 bits per heavy atom. The van der Waals surface area contributed by atoms with Gasteiger partial charge in [0.15, 0.2) is 11.5 Å². The van der Waals surface area contributed by atoms with Gasteiger partial charge in [-0.1, -0.05) is 24.3 Å². The van der Waals surface area contributed by atoms with Crippen molar-refractivity contribution in [1.29, 1.82) is 0 Å². The third-order valence-corrected chi connectivity index (χ3v) is 4.09. The number of ether oxygens (including phenoxy) is 1. The smallest absolute Gasteiger partial charge is 0.160 e. The van der Waals surface area contributed by atoms with E-state index in [4.69, 9.17) is 4.74 Å². The van der Waals surface area contributed by atoms with Crippen LogP contribution >= 0.6 is 0 Å². The van der Waals surface area contributed by atoms with E-state index >= 15 is 0 Å². The van der Waals surface area contributed by atoms with Crippen LogP contribution in [0.1, 0.15) is 5.69 Å². The molecule has 0 unspecified atom stereocenters. The number of hydrogen-bond acceptors (Lipinski definition) is 3. The lowest BCUT2D eigenvalue weighted by molar-refractivity contribution is 0.373. The molecule has 2 heterocycles. The number of para-hydroxylation sites is 1. The molecule has 4 aromatic rings. The van der Waals surface area contributed by atoms with Gasteiger partial charge in [-0.05, 0) is 42.3 Å². The Bertz CT molecular complexity index is 1030. The lowest BCUT2D eigenvalue weighted by Crippen LogP contribution is -1.88. The summed E-state index contributed by atoms with van der Waals surface area (Å²) >= 11 is 0. The number of fused-ring (bicyclic) bond motifs is 3. The molecule has 0 amide bonds. The van der Waals surface area contributed by atoms with E-state index in [9.17, 15) is 5.11 Å². The molecule has 0 fully saturated rings. The highest BCUT2D eigenvalue weighted by atomic mass is 16.5. The summed E-state index contributed by atoms with van der Waals surface area (Å²) in [7, 11) is 1.54. The molecule has 4 nitrogen and oxygen atoms in total. The summed E-state index contributed by atoms with van der Waals surface area (Å²) in [6.45, 7) is 1.97. The number of aromatic hydroxyl groups is 1. The van der Waals surface area contributed by atoms with E-state index in [1.807, 2.05) is 37.3 Å². The van der Waals surface area contributed by atoms with E-state index in [1.165, 1.54) is 0 Å². The molecular formula is C19H16N2O2. The number of nitrogens with zero attached hydrogens (tertiary/aromatic N) is 1. The lowest BCUT2D eigenvalue weighted by Gasteiger charge is -2.09. The number of methoxy groups -OCH3 is 1. The van der Waals surface area contributed by atoms with Crippen molar-refractivity contribution in [3.63, 3.8) is 0 Å². The molecule has 0 saturated heterocycles. The second-order valence-corrected chi connectivity index (χ2v) is 5.59. The fraction of sp³-hybridized carbons (Fsp3) is 0.105. The number of aromatic nitrogens is 2. The molecule has 0 spiro atoms. The van der Waals surface area contributed by atoms with Crippen LogP contribution in [0, 0.1) is 6.92 Å². The molecule has 0 radical (unpaired) electrons. The van der Waals surface area contributed by atoms with Crippen molar-refractivity contribution in [2.75, 3.05) is 7.11 Å². The van der Waals surface area contributed by atoms with Crippen molar-refractivity contribution >= 4 is 21.9 Å². The molecule has 0 aliphatic carbocycles. The molecule has 114 valence electrons. The summed E-state index contributed by atoms with van der Waals surface area (Å²) in [6, 6.07) is 15.7. The van der Waals surface area contributed by atoms with Crippen LogP contribution in [0.4, 0.5) is 0 Å². The molecule has 2 aromatic heterocycles. The van der Waals surface area contributed by atoms with Crippen molar-refractivity contribution in [3.8, 4) is 22.6 Å². The molecule has 23 heavy (non-hydrogen) atoms. The number of H-pyrrole nitrogens is 1. The Morgan fingerprint density at radius 1 is 1.09 bits per heavy atom. The average molecular weight is 304 g/mol. The van der Waals surface area contributed by atoms with Crippen molar-refractivity contribution in [3.05, 3.63) is 54.2 Å². The van der Waals surface area contributed by atoms with Crippen LogP contribution < -0.4 is 4.74 Å². The predicted molar refractivity (Wildman–Crippen MR) is 92.0 cm³/mol. The number of aromatic amines is 1. The molecule has 0 atom stereocenters. The topological polar surface area (TPSA) is 58.1 Å². The maximum absolute atomic E-state index is 10.1. The standard InChI is InChI=1S/C19H16N2O2/c1-11-9-14(12-7-8-17(23-2)16(22)10-12)18-13-5-3-4-6-15(13)21-19(18)20-11/h3-10,22H,1-2H3,(H,20,21). The molecule has 2 aromatic carbocycles. The maximum atomic E-state index is 10.1. The number of nitrogens with one attached hydrogen (secondary N) is 1. The minimum absolute atomic E-state index is 0.132. The molecular weight excluding hydrogens is 288 g/mol. The van der Waals surface area contributed by atoms with Gasteiger partial charge in [0, 0.05) is 22.0 Å². The minimum Gasteiger partial charge on any atom is -0.504 e. The minimum atomic E-state index is 0.132. The normalized spacial score (nSPS) is 11.2. The Kier molecular flexibility index (Phi) is 2.98. The molecule has 4 rings (SSSR count). The summed E-state index contributed by atoms with van der Waals surface area (Å²) in [6.07, 6.45) is 0. The zero-order valence-corrected chi connectivity index (χ0v) is 12.9. The lowest BCUT2D eigenvalue weighted by atomic mass is 10.00. The van der Waals surface area contributed by atoms with Gasteiger partial charge in [-0.3, -0.25) is 0 Å². The van der Waals surface area contributed by atoms with Gasteiger partial charge in [0.25, 0.3) is 0 Å². The number of aryl methyl sites for hydroxylation is 1. The number of benzene rings is 2. The highest BCUT2D eigenvalue weighted by molar-refractivity contribution is 6.13. The largest absolute Gasteiger partial charge is 0.504 e. The Balaban J connectivity index is 2.07. The van der Waals surface area contributed by atoms with Crippen LogP contribution in [0.5, 0.6) is 11.5 Å². The van der Waals surface area contributed by atoms with Gasteiger partial charge >= 0.3 is 0 Å². The first-order valence-corrected chi connectivity index (χ1v) is 7.43. The first-order chi connectivity index (χ1) is 11.2. The van der Waals surface area contributed by atoms with E-state index < -0.39 is 0 Å². The first kappa shape index (κ1) is 13.6. The van der Waals surface area contributed by atoms with Gasteiger partial charge in [0.2, 0.25) is 0 Å². The molecule has 4 heteroatoms. The summed E-state index contributed by atoms with van der Waals surface area (Å²) in [5.74, 6) is 0.599. The fourth-order valence-electron chi connectivity index (χ4n) is 3.06. The van der Waals surface area contributed by atoms with Crippen molar-refractivity contribution in [2.45, 2.75) is 6.92 Å². The summed E-state index contributed by atoms with van der Waals surface area (Å²) in [5.41, 5.74) is 4.82. The van der Waals surface area contributed by atoms with Crippen LogP contribution in [0.2, 0.25) is 0 Å². The van der Waals surface area contributed by atoms with Gasteiger partial charge in [-0.25, -0.2) is 4.98 Å². The predicted octanol–water partition coefficient (Wildman–Crippen LogP) is 4.41. The second kappa shape index (κ2) is 5.02. The van der Waals surface area contributed by atoms with Gasteiger partial charge in [-0.2, -0.15) is 0 Å². The second-order valence-electron chi connectivity index (χ2n) is 5.59. The van der Waals surface area contributed by atoms with Crippen LogP contribution in [-0.4, -0.2) is 22.2 Å². The Morgan fingerprint density at radius 2 is 1.91 bits per heavy atom. The number of hydrogen-bond donors (Lipinski definition) is 2. The number of phenolic OH excluding ortho intramolecular Hbond substituents is 1. The third-order valence-electron chi connectivity index (χ3n) is 4.09. The SMILES string of the molecule is COc1ccc(-c2cc(C)nc3[nH]c4ccccc4c23)cc1O. The average Bonchev–Trinajstić information content (AvgIpc) is 2.92. The van der Waals surface area contributed by atoms with E-state index in [0.29, 0.717) is 5.75 Å². The molecule has 0 aliphatic rings. The monoisotopic (exact) mass is 304 g/mol. The molecule has 0 bridgehead atoms. The summed E-state index contributed by atoms with van der Waals surface area (Å²) in [4.78, 5) is 7.98. The highest BCUT2D eigenvalue weighted by Gasteiger charge is 2.13. The third kappa shape index (κ3) is 2.11. The van der Waals surface area contributed by atoms with Gasteiger partial charge < -0.3 is 14.8 Å². The van der Waals surface area contributed by atoms with Crippen molar-refractivity contribution < 1.29 is 9.84 Å². The maximum Gasteiger partial charge on any atom is 0.160 e. The summed E-state index contributed by atoms with van der Waals surface area (Å²) < 4.78 is 5.13.